The lowest BCUT2D eigenvalue weighted by Crippen LogP contribution is -2.28. The van der Waals surface area contributed by atoms with E-state index in [1.807, 2.05) is 30.3 Å². The molecule has 0 atom stereocenters. The molecule has 0 aliphatic heterocycles. The maximum atomic E-state index is 13.2. The largest absolute Gasteiger partial charge is 0.334 e. The van der Waals surface area contributed by atoms with E-state index in [0.29, 0.717) is 22.5 Å². The number of carbonyl (C=O) groups is 1. The first-order valence-corrected chi connectivity index (χ1v) is 12.0. The number of hydrogen-bond donors (Lipinski definition) is 3. The van der Waals surface area contributed by atoms with Gasteiger partial charge in [-0.05, 0) is 53.6 Å². The van der Waals surface area contributed by atoms with Crippen molar-refractivity contribution in [3.63, 3.8) is 0 Å². The molecule has 172 valence electrons. The van der Waals surface area contributed by atoms with Crippen molar-refractivity contribution in [1.82, 2.24) is 5.32 Å². The highest BCUT2D eigenvalue weighted by Crippen LogP contribution is 2.28. The summed E-state index contributed by atoms with van der Waals surface area (Å²) in [5, 5.41) is 5.30. The molecule has 6 nitrogen and oxygen atoms in total. The smallest absolute Gasteiger partial charge is 0.319 e. The van der Waals surface area contributed by atoms with Gasteiger partial charge < -0.3 is 10.6 Å². The standard InChI is InChI=1S/C26H22FN3O3S/c27-21-10-6-7-19(17-21)18-28-26(31)29-22-13-15-23(16-14-22)30-34(32,33)25-12-5-4-11-24(25)20-8-2-1-3-9-20/h1-17,30H,18H2,(H2,28,29,31). The zero-order valence-corrected chi connectivity index (χ0v) is 18.8. The van der Waals surface area contributed by atoms with Gasteiger partial charge in [-0.15, -0.1) is 0 Å². The minimum absolute atomic E-state index is 0.167. The topological polar surface area (TPSA) is 87.3 Å². The summed E-state index contributed by atoms with van der Waals surface area (Å²) >= 11 is 0. The van der Waals surface area contributed by atoms with Crippen LogP contribution in [0.15, 0.2) is 108 Å². The molecule has 0 spiro atoms. The summed E-state index contributed by atoms with van der Waals surface area (Å²) in [6.45, 7) is 0.169. The van der Waals surface area contributed by atoms with E-state index in [2.05, 4.69) is 15.4 Å². The van der Waals surface area contributed by atoms with Crippen molar-refractivity contribution in [2.75, 3.05) is 10.0 Å². The number of nitrogens with one attached hydrogen (secondary N) is 3. The van der Waals surface area contributed by atoms with E-state index >= 15 is 0 Å². The SMILES string of the molecule is O=C(NCc1cccc(F)c1)Nc1ccc(NS(=O)(=O)c2ccccc2-c2ccccc2)cc1. The first-order valence-electron chi connectivity index (χ1n) is 10.5. The van der Waals surface area contributed by atoms with Gasteiger partial charge in [-0.2, -0.15) is 0 Å². The highest BCUT2D eigenvalue weighted by Gasteiger charge is 2.19. The number of carbonyl (C=O) groups excluding carboxylic acids is 1. The average molecular weight is 476 g/mol. The molecule has 0 saturated carbocycles. The van der Waals surface area contributed by atoms with Crippen LogP contribution in [0.5, 0.6) is 0 Å². The fourth-order valence-electron chi connectivity index (χ4n) is 3.39. The van der Waals surface area contributed by atoms with Crippen LogP contribution in [0.3, 0.4) is 0 Å². The maximum Gasteiger partial charge on any atom is 0.319 e. The third-order valence-corrected chi connectivity index (χ3v) is 6.44. The quantitative estimate of drug-likeness (QED) is 0.324. The van der Waals surface area contributed by atoms with Gasteiger partial charge in [-0.25, -0.2) is 17.6 Å². The number of sulfonamides is 1. The molecule has 0 fully saturated rings. The van der Waals surface area contributed by atoms with Crippen LogP contribution in [0.1, 0.15) is 5.56 Å². The van der Waals surface area contributed by atoms with E-state index in [4.69, 9.17) is 0 Å². The lowest BCUT2D eigenvalue weighted by Gasteiger charge is -2.13. The van der Waals surface area contributed by atoms with E-state index in [9.17, 15) is 17.6 Å². The van der Waals surface area contributed by atoms with E-state index in [1.54, 1.807) is 60.7 Å². The van der Waals surface area contributed by atoms with Crippen LogP contribution >= 0.6 is 0 Å². The molecule has 0 aliphatic carbocycles. The van der Waals surface area contributed by atoms with Gasteiger partial charge in [0.2, 0.25) is 0 Å². The number of benzene rings is 4. The third-order valence-electron chi connectivity index (χ3n) is 5.00. The Morgan fingerprint density at radius 3 is 2.18 bits per heavy atom. The zero-order valence-electron chi connectivity index (χ0n) is 18.0. The Morgan fingerprint density at radius 1 is 0.765 bits per heavy atom. The van der Waals surface area contributed by atoms with E-state index in [-0.39, 0.29) is 17.3 Å². The van der Waals surface area contributed by atoms with Crippen LogP contribution in [0.25, 0.3) is 11.1 Å². The molecule has 0 unspecified atom stereocenters. The van der Waals surface area contributed by atoms with Gasteiger partial charge in [0.25, 0.3) is 10.0 Å². The van der Waals surface area contributed by atoms with Crippen LogP contribution in [0, 0.1) is 5.82 Å². The maximum absolute atomic E-state index is 13.2. The minimum atomic E-state index is -3.85. The molecule has 8 heteroatoms. The van der Waals surface area contributed by atoms with Crippen molar-refractivity contribution >= 4 is 27.4 Å². The average Bonchev–Trinajstić information content (AvgIpc) is 2.84. The first-order chi connectivity index (χ1) is 16.4. The Labute approximate surface area is 197 Å². The van der Waals surface area contributed by atoms with Crippen molar-refractivity contribution in [2.45, 2.75) is 11.4 Å². The monoisotopic (exact) mass is 475 g/mol. The summed E-state index contributed by atoms with van der Waals surface area (Å²) in [6, 6.07) is 27.9. The fourth-order valence-corrected chi connectivity index (χ4v) is 4.68. The highest BCUT2D eigenvalue weighted by atomic mass is 32.2. The molecule has 0 radical (unpaired) electrons. The van der Waals surface area contributed by atoms with Crippen molar-refractivity contribution in [1.29, 1.82) is 0 Å². The van der Waals surface area contributed by atoms with Gasteiger partial charge in [0.1, 0.15) is 5.82 Å². The van der Waals surface area contributed by atoms with Gasteiger partial charge in [-0.3, -0.25) is 4.72 Å². The highest BCUT2D eigenvalue weighted by molar-refractivity contribution is 7.92. The predicted octanol–water partition coefficient (Wildman–Crippen LogP) is 5.62. The van der Waals surface area contributed by atoms with Crippen molar-refractivity contribution in [3.05, 3.63) is 115 Å². The normalized spacial score (nSPS) is 11.0. The predicted molar refractivity (Wildman–Crippen MR) is 131 cm³/mol. The zero-order chi connectivity index (χ0) is 24.0. The van der Waals surface area contributed by atoms with Crippen LogP contribution in [-0.4, -0.2) is 14.4 Å². The van der Waals surface area contributed by atoms with Gasteiger partial charge in [0, 0.05) is 23.5 Å². The summed E-state index contributed by atoms with van der Waals surface area (Å²) in [5.74, 6) is -0.371. The van der Waals surface area contributed by atoms with E-state index in [1.165, 1.54) is 12.1 Å². The molecule has 4 aromatic rings. The molecule has 4 aromatic carbocycles. The Morgan fingerprint density at radius 2 is 1.44 bits per heavy atom. The van der Waals surface area contributed by atoms with Gasteiger partial charge >= 0.3 is 6.03 Å². The van der Waals surface area contributed by atoms with Crippen LogP contribution in [0.2, 0.25) is 0 Å². The molecule has 4 rings (SSSR count). The Bertz CT molecular complexity index is 1390. The summed E-state index contributed by atoms with van der Waals surface area (Å²) in [4.78, 5) is 12.3. The molecule has 0 bridgehead atoms. The number of urea groups is 1. The fraction of sp³-hybridized carbons (Fsp3) is 0.0385. The molecule has 0 heterocycles. The van der Waals surface area contributed by atoms with Gasteiger partial charge in [-0.1, -0.05) is 60.7 Å². The third kappa shape index (κ3) is 5.79. The molecule has 3 N–H and O–H groups in total. The molecule has 0 aliphatic rings. The second-order valence-electron chi connectivity index (χ2n) is 7.48. The van der Waals surface area contributed by atoms with Crippen molar-refractivity contribution in [3.8, 4) is 11.1 Å². The molecular weight excluding hydrogens is 453 g/mol. The van der Waals surface area contributed by atoms with E-state index < -0.39 is 16.1 Å². The van der Waals surface area contributed by atoms with Gasteiger partial charge in [0.15, 0.2) is 0 Å². The summed E-state index contributed by atoms with van der Waals surface area (Å²) in [5.41, 5.74) is 2.87. The second kappa shape index (κ2) is 10.2. The van der Waals surface area contributed by atoms with Crippen molar-refractivity contribution < 1.29 is 17.6 Å². The number of hydrogen-bond acceptors (Lipinski definition) is 3. The molecule has 0 aromatic heterocycles. The van der Waals surface area contributed by atoms with Gasteiger partial charge in [0.05, 0.1) is 4.90 Å². The van der Waals surface area contributed by atoms with Crippen LogP contribution in [0.4, 0.5) is 20.6 Å². The van der Waals surface area contributed by atoms with Crippen LogP contribution in [-0.2, 0) is 16.6 Å². The van der Waals surface area contributed by atoms with E-state index in [0.717, 1.165) is 5.56 Å². The molecule has 2 amide bonds. The summed E-state index contributed by atoms with van der Waals surface area (Å²) in [6.07, 6.45) is 0. The Hall–Kier alpha value is -4.17. The summed E-state index contributed by atoms with van der Waals surface area (Å²) < 4.78 is 42.0. The second-order valence-corrected chi connectivity index (χ2v) is 9.13. The van der Waals surface area contributed by atoms with Crippen molar-refractivity contribution in [2.24, 2.45) is 0 Å². The Kier molecular flexibility index (Phi) is 6.89. The molecule has 34 heavy (non-hydrogen) atoms. The number of anilines is 2. The Balaban J connectivity index is 1.41. The molecular formula is C26H22FN3O3S. The first kappa shape index (κ1) is 23.0. The molecule has 0 saturated heterocycles. The number of rotatable bonds is 7. The number of amides is 2. The lowest BCUT2D eigenvalue weighted by atomic mass is 10.1. The lowest BCUT2D eigenvalue weighted by molar-refractivity contribution is 0.251. The number of halogens is 1. The van der Waals surface area contributed by atoms with Crippen LogP contribution < -0.4 is 15.4 Å². The summed E-state index contributed by atoms with van der Waals surface area (Å²) in [7, 11) is -3.85. The minimum Gasteiger partial charge on any atom is -0.334 e.